The molecule has 0 amide bonds. The maximum atomic E-state index is 13.4. The minimum absolute atomic E-state index is 0.259. The molecule has 5 rings (SSSR count). The Bertz CT molecular complexity index is 1350. The lowest BCUT2D eigenvalue weighted by Gasteiger charge is -2.28. The standard InChI is InChI=1S/C26H22F3N3O2/c1-2-34-24(33)25(14-17-6-4-3-5-7-17)13-12-19-15-30-23-21(16-31-32(23)22(19)25)18-8-10-20(11-9-18)26(27,28)29/h3-11,15-16H,2,12-14H2,1H3/t25-/m1/s1. The number of carbonyl (C=O) groups excluding carboxylic acids is 1. The number of benzene rings is 2. The van der Waals surface area contributed by atoms with Gasteiger partial charge in [-0.2, -0.15) is 18.3 Å². The third kappa shape index (κ3) is 3.63. The van der Waals surface area contributed by atoms with E-state index in [0.29, 0.717) is 36.0 Å². The van der Waals surface area contributed by atoms with Crippen molar-refractivity contribution in [3.63, 3.8) is 0 Å². The summed E-state index contributed by atoms with van der Waals surface area (Å²) >= 11 is 0. The van der Waals surface area contributed by atoms with Crippen molar-refractivity contribution in [3.05, 3.63) is 89.4 Å². The van der Waals surface area contributed by atoms with Crippen molar-refractivity contribution in [1.29, 1.82) is 0 Å². The number of nitrogens with zero attached hydrogens (tertiary/aromatic N) is 3. The van der Waals surface area contributed by atoms with Gasteiger partial charge in [0.25, 0.3) is 0 Å². The van der Waals surface area contributed by atoms with Gasteiger partial charge in [-0.25, -0.2) is 9.50 Å². The fourth-order valence-corrected chi connectivity index (χ4v) is 4.82. The van der Waals surface area contributed by atoms with Crippen LogP contribution < -0.4 is 0 Å². The molecule has 34 heavy (non-hydrogen) atoms. The molecule has 0 saturated carbocycles. The largest absolute Gasteiger partial charge is 0.465 e. The fraction of sp³-hybridized carbons (Fsp3) is 0.269. The van der Waals surface area contributed by atoms with Crippen molar-refractivity contribution < 1.29 is 22.7 Å². The van der Waals surface area contributed by atoms with E-state index in [9.17, 15) is 18.0 Å². The summed E-state index contributed by atoms with van der Waals surface area (Å²) in [5.74, 6) is -0.309. The van der Waals surface area contributed by atoms with Gasteiger partial charge in [0, 0.05) is 11.8 Å². The number of rotatable bonds is 5. The summed E-state index contributed by atoms with van der Waals surface area (Å²) in [4.78, 5) is 18.0. The highest BCUT2D eigenvalue weighted by Gasteiger charge is 2.49. The minimum Gasteiger partial charge on any atom is -0.465 e. The normalized spacial score (nSPS) is 17.6. The van der Waals surface area contributed by atoms with Crippen molar-refractivity contribution in [2.45, 2.75) is 37.8 Å². The Morgan fingerprint density at radius 3 is 2.50 bits per heavy atom. The summed E-state index contributed by atoms with van der Waals surface area (Å²) in [7, 11) is 0. The van der Waals surface area contributed by atoms with Gasteiger partial charge >= 0.3 is 12.1 Å². The van der Waals surface area contributed by atoms with Crippen LogP contribution in [0.1, 0.15) is 35.7 Å². The zero-order chi connectivity index (χ0) is 23.9. The Morgan fingerprint density at radius 2 is 1.82 bits per heavy atom. The van der Waals surface area contributed by atoms with Crippen LogP contribution in [0.3, 0.4) is 0 Å². The topological polar surface area (TPSA) is 56.5 Å². The van der Waals surface area contributed by atoms with Crippen LogP contribution in [0.25, 0.3) is 16.8 Å². The molecular weight excluding hydrogens is 443 g/mol. The first kappa shape index (κ1) is 22.1. The van der Waals surface area contributed by atoms with Gasteiger partial charge in [0.2, 0.25) is 0 Å². The number of hydrogen-bond donors (Lipinski definition) is 0. The van der Waals surface area contributed by atoms with E-state index in [-0.39, 0.29) is 12.6 Å². The summed E-state index contributed by atoms with van der Waals surface area (Å²) in [6, 6.07) is 14.7. The van der Waals surface area contributed by atoms with Gasteiger partial charge in [-0.15, -0.1) is 0 Å². The molecule has 4 aromatic rings. The molecule has 2 aromatic heterocycles. The number of halogens is 3. The number of aryl methyl sites for hydroxylation is 1. The first-order valence-corrected chi connectivity index (χ1v) is 11.1. The first-order valence-electron chi connectivity index (χ1n) is 11.1. The zero-order valence-electron chi connectivity index (χ0n) is 18.5. The molecule has 0 saturated heterocycles. The Balaban J connectivity index is 1.64. The van der Waals surface area contributed by atoms with Crippen molar-refractivity contribution in [2.75, 3.05) is 6.61 Å². The summed E-state index contributed by atoms with van der Waals surface area (Å²) in [6.45, 7) is 2.04. The SMILES string of the molecule is CCOC(=O)[C@@]1(Cc2ccccc2)CCc2cnc3c(-c4ccc(C(F)(F)F)cc4)cnn3c21. The highest BCUT2D eigenvalue weighted by Crippen LogP contribution is 2.43. The van der Waals surface area contributed by atoms with Crippen molar-refractivity contribution in [1.82, 2.24) is 14.6 Å². The molecule has 0 N–H and O–H groups in total. The fourth-order valence-electron chi connectivity index (χ4n) is 4.82. The Kier molecular flexibility index (Phi) is 5.38. The molecule has 2 aromatic carbocycles. The molecule has 2 heterocycles. The maximum absolute atomic E-state index is 13.4. The Hall–Kier alpha value is -3.68. The molecule has 0 aliphatic heterocycles. The van der Waals surface area contributed by atoms with Crippen molar-refractivity contribution >= 4 is 11.6 Å². The number of fused-ring (bicyclic) bond motifs is 3. The predicted molar refractivity (Wildman–Crippen MR) is 120 cm³/mol. The van der Waals surface area contributed by atoms with E-state index in [2.05, 4.69) is 10.1 Å². The summed E-state index contributed by atoms with van der Waals surface area (Å²) in [6.07, 6.45) is 0.587. The van der Waals surface area contributed by atoms with Gasteiger partial charge in [0.05, 0.1) is 24.1 Å². The van der Waals surface area contributed by atoms with Crippen LogP contribution in [-0.4, -0.2) is 27.2 Å². The molecule has 1 atom stereocenters. The molecule has 174 valence electrons. The second-order valence-electron chi connectivity index (χ2n) is 8.47. The molecule has 1 aliphatic carbocycles. The van der Waals surface area contributed by atoms with Crippen LogP contribution in [-0.2, 0) is 34.0 Å². The van der Waals surface area contributed by atoms with E-state index >= 15 is 0 Å². The number of esters is 1. The van der Waals surface area contributed by atoms with Crippen LogP contribution >= 0.6 is 0 Å². The molecule has 0 unspecified atom stereocenters. The summed E-state index contributed by atoms with van der Waals surface area (Å²) in [5, 5.41) is 4.54. The molecule has 0 fully saturated rings. The van der Waals surface area contributed by atoms with E-state index in [1.54, 1.807) is 23.8 Å². The van der Waals surface area contributed by atoms with Crippen LogP contribution in [0.15, 0.2) is 67.0 Å². The van der Waals surface area contributed by atoms with Crippen LogP contribution in [0.4, 0.5) is 13.2 Å². The highest BCUT2D eigenvalue weighted by atomic mass is 19.4. The number of hydrogen-bond acceptors (Lipinski definition) is 4. The molecule has 5 nitrogen and oxygen atoms in total. The van der Waals surface area contributed by atoms with Gasteiger partial charge in [-0.3, -0.25) is 4.79 Å². The third-order valence-electron chi connectivity index (χ3n) is 6.42. The second-order valence-corrected chi connectivity index (χ2v) is 8.47. The van der Waals surface area contributed by atoms with Gasteiger partial charge in [-0.1, -0.05) is 42.5 Å². The third-order valence-corrected chi connectivity index (χ3v) is 6.42. The Labute approximate surface area is 194 Å². The number of ether oxygens (including phenoxy) is 1. The zero-order valence-corrected chi connectivity index (χ0v) is 18.5. The summed E-state index contributed by atoms with van der Waals surface area (Å²) < 4.78 is 46.2. The number of aromatic nitrogens is 3. The molecular formula is C26H22F3N3O2. The van der Waals surface area contributed by atoms with E-state index in [1.807, 2.05) is 30.3 Å². The van der Waals surface area contributed by atoms with Gasteiger partial charge in [-0.05, 0) is 55.0 Å². The van der Waals surface area contributed by atoms with E-state index in [0.717, 1.165) is 29.0 Å². The lowest BCUT2D eigenvalue weighted by atomic mass is 9.79. The maximum Gasteiger partial charge on any atom is 0.416 e. The quantitative estimate of drug-likeness (QED) is 0.370. The van der Waals surface area contributed by atoms with Gasteiger partial charge < -0.3 is 4.74 Å². The average molecular weight is 465 g/mol. The van der Waals surface area contributed by atoms with E-state index < -0.39 is 17.2 Å². The Morgan fingerprint density at radius 1 is 1.09 bits per heavy atom. The molecule has 0 spiro atoms. The average Bonchev–Trinajstić information content (AvgIpc) is 3.42. The number of alkyl halides is 3. The molecule has 1 aliphatic rings. The van der Waals surface area contributed by atoms with E-state index in [4.69, 9.17) is 4.74 Å². The number of carbonyl (C=O) groups is 1. The molecule has 0 radical (unpaired) electrons. The molecule has 8 heteroatoms. The van der Waals surface area contributed by atoms with Gasteiger partial charge in [0.15, 0.2) is 5.65 Å². The van der Waals surface area contributed by atoms with Crippen molar-refractivity contribution in [2.24, 2.45) is 0 Å². The van der Waals surface area contributed by atoms with Crippen LogP contribution in [0.5, 0.6) is 0 Å². The minimum atomic E-state index is -4.41. The lowest BCUT2D eigenvalue weighted by Crippen LogP contribution is -2.39. The van der Waals surface area contributed by atoms with E-state index in [1.165, 1.54) is 12.1 Å². The van der Waals surface area contributed by atoms with Gasteiger partial charge in [0.1, 0.15) is 5.41 Å². The van der Waals surface area contributed by atoms with Crippen LogP contribution in [0, 0.1) is 0 Å². The monoisotopic (exact) mass is 465 g/mol. The highest BCUT2D eigenvalue weighted by molar-refractivity contribution is 5.86. The molecule has 0 bridgehead atoms. The van der Waals surface area contributed by atoms with Crippen LogP contribution in [0.2, 0.25) is 0 Å². The first-order chi connectivity index (χ1) is 16.3. The van der Waals surface area contributed by atoms with Crippen molar-refractivity contribution in [3.8, 4) is 11.1 Å². The smallest absolute Gasteiger partial charge is 0.416 e. The summed E-state index contributed by atoms with van der Waals surface area (Å²) in [5.41, 5.74) is 2.66. The predicted octanol–water partition coefficient (Wildman–Crippen LogP) is 5.40. The lowest BCUT2D eigenvalue weighted by molar-refractivity contribution is -0.150. The second kappa shape index (κ2) is 8.27.